The van der Waals surface area contributed by atoms with Crippen LogP contribution in [0.15, 0.2) is 54.6 Å². The summed E-state index contributed by atoms with van der Waals surface area (Å²) in [6.45, 7) is 1.46. The molecule has 0 spiro atoms. The number of carbonyl (C=O) groups is 2. The van der Waals surface area contributed by atoms with Gasteiger partial charge in [0.25, 0.3) is 0 Å². The third-order valence-electron chi connectivity index (χ3n) is 4.95. The molecule has 5 heteroatoms. The van der Waals surface area contributed by atoms with Crippen molar-refractivity contribution in [1.82, 2.24) is 10.6 Å². The fraction of sp³-hybridized carbons (Fsp3) is 0.333. The van der Waals surface area contributed by atoms with Crippen LogP contribution in [0.3, 0.4) is 0 Å². The van der Waals surface area contributed by atoms with Gasteiger partial charge in [-0.15, -0.1) is 0 Å². The number of nitrogens with one attached hydrogen (secondary N) is 2. The lowest BCUT2D eigenvalue weighted by Gasteiger charge is -2.43. The number of rotatable bonds is 6. The number of carbonyl (C=O) groups excluding carboxylic acids is 2. The summed E-state index contributed by atoms with van der Waals surface area (Å²) < 4.78 is 0. The van der Waals surface area contributed by atoms with Crippen molar-refractivity contribution in [3.05, 3.63) is 70.7 Å². The van der Waals surface area contributed by atoms with Gasteiger partial charge in [0.05, 0.1) is 18.0 Å². The lowest BCUT2D eigenvalue weighted by atomic mass is 9.71. The summed E-state index contributed by atoms with van der Waals surface area (Å²) in [7, 11) is 0. The van der Waals surface area contributed by atoms with Crippen LogP contribution in [0, 0.1) is 0 Å². The molecule has 0 aliphatic heterocycles. The Bertz CT molecular complexity index is 770. The maximum absolute atomic E-state index is 12.8. The second-order valence-electron chi connectivity index (χ2n) is 6.86. The highest BCUT2D eigenvalue weighted by atomic mass is 35.5. The van der Waals surface area contributed by atoms with Crippen molar-refractivity contribution in [2.75, 3.05) is 0 Å². The van der Waals surface area contributed by atoms with Crippen LogP contribution in [0.4, 0.5) is 0 Å². The van der Waals surface area contributed by atoms with Crippen LogP contribution >= 0.6 is 11.6 Å². The number of hydrogen-bond donors (Lipinski definition) is 2. The molecule has 136 valence electrons. The molecule has 2 N–H and O–H groups in total. The van der Waals surface area contributed by atoms with Crippen LogP contribution in [0.25, 0.3) is 0 Å². The van der Waals surface area contributed by atoms with Gasteiger partial charge < -0.3 is 10.6 Å². The van der Waals surface area contributed by atoms with Gasteiger partial charge in [-0.25, -0.2) is 0 Å². The predicted molar refractivity (Wildman–Crippen MR) is 103 cm³/mol. The average molecular weight is 371 g/mol. The summed E-state index contributed by atoms with van der Waals surface area (Å²) in [5, 5.41) is 6.70. The zero-order chi connectivity index (χ0) is 18.6. The van der Waals surface area contributed by atoms with Gasteiger partial charge in [-0.2, -0.15) is 0 Å². The first-order chi connectivity index (χ1) is 12.5. The minimum atomic E-state index is -0.377. The largest absolute Gasteiger partial charge is 0.349 e. The highest BCUT2D eigenvalue weighted by molar-refractivity contribution is 6.30. The van der Waals surface area contributed by atoms with Crippen molar-refractivity contribution in [3.63, 3.8) is 0 Å². The molecule has 0 aromatic heterocycles. The van der Waals surface area contributed by atoms with E-state index >= 15 is 0 Å². The van der Waals surface area contributed by atoms with Gasteiger partial charge >= 0.3 is 0 Å². The molecule has 1 unspecified atom stereocenters. The fourth-order valence-corrected chi connectivity index (χ4v) is 3.60. The Kier molecular flexibility index (Phi) is 5.62. The molecule has 0 saturated heterocycles. The van der Waals surface area contributed by atoms with Gasteiger partial charge in [-0.05, 0) is 42.5 Å². The van der Waals surface area contributed by atoms with Crippen molar-refractivity contribution in [2.24, 2.45) is 0 Å². The van der Waals surface area contributed by atoms with E-state index in [0.717, 1.165) is 30.4 Å². The molecule has 1 aliphatic carbocycles. The topological polar surface area (TPSA) is 58.2 Å². The van der Waals surface area contributed by atoms with E-state index in [2.05, 4.69) is 22.8 Å². The first kappa shape index (κ1) is 18.5. The quantitative estimate of drug-likeness (QED) is 0.804. The van der Waals surface area contributed by atoms with E-state index in [0.29, 0.717) is 5.02 Å². The van der Waals surface area contributed by atoms with Crippen molar-refractivity contribution in [2.45, 2.75) is 44.2 Å². The minimum Gasteiger partial charge on any atom is -0.349 e. The summed E-state index contributed by atoms with van der Waals surface area (Å²) in [4.78, 5) is 24.3. The van der Waals surface area contributed by atoms with E-state index in [1.165, 1.54) is 6.92 Å². The third-order valence-corrected chi connectivity index (χ3v) is 5.20. The van der Waals surface area contributed by atoms with Crippen LogP contribution < -0.4 is 10.6 Å². The number of halogens is 1. The van der Waals surface area contributed by atoms with E-state index < -0.39 is 0 Å². The summed E-state index contributed by atoms with van der Waals surface area (Å²) in [5.74, 6) is -0.235. The number of hydrogen-bond acceptors (Lipinski definition) is 2. The number of amides is 2. The Morgan fingerprint density at radius 1 is 1.08 bits per heavy atom. The third kappa shape index (κ3) is 4.25. The minimum absolute atomic E-state index is 0.0674. The molecule has 1 saturated carbocycles. The smallest absolute Gasteiger partial charge is 0.223 e. The Morgan fingerprint density at radius 3 is 2.27 bits per heavy atom. The Morgan fingerprint density at radius 2 is 1.73 bits per heavy atom. The van der Waals surface area contributed by atoms with Crippen molar-refractivity contribution in [1.29, 1.82) is 0 Å². The Labute approximate surface area is 158 Å². The molecular formula is C21H23ClN2O2. The molecular weight excluding hydrogens is 348 g/mol. The first-order valence-electron chi connectivity index (χ1n) is 8.88. The zero-order valence-corrected chi connectivity index (χ0v) is 15.6. The lowest BCUT2D eigenvalue weighted by molar-refractivity contribution is -0.125. The van der Waals surface area contributed by atoms with Crippen LogP contribution in [0.5, 0.6) is 0 Å². The van der Waals surface area contributed by atoms with Crippen LogP contribution in [-0.2, 0) is 15.1 Å². The summed E-state index contributed by atoms with van der Waals surface area (Å²) >= 11 is 5.94. The van der Waals surface area contributed by atoms with E-state index in [1.54, 1.807) is 12.1 Å². The monoisotopic (exact) mass is 370 g/mol. The highest BCUT2D eigenvalue weighted by Crippen LogP contribution is 2.41. The molecule has 1 atom stereocenters. The highest BCUT2D eigenvalue weighted by Gasteiger charge is 2.40. The summed E-state index contributed by atoms with van der Waals surface area (Å²) in [6, 6.07) is 16.9. The van der Waals surface area contributed by atoms with Crippen LogP contribution in [-0.4, -0.2) is 11.8 Å². The second-order valence-corrected chi connectivity index (χ2v) is 7.30. The van der Waals surface area contributed by atoms with Crippen molar-refractivity contribution in [3.8, 4) is 0 Å². The molecule has 2 aromatic carbocycles. The van der Waals surface area contributed by atoms with Crippen molar-refractivity contribution >= 4 is 23.4 Å². The van der Waals surface area contributed by atoms with Crippen molar-refractivity contribution < 1.29 is 9.59 Å². The fourth-order valence-electron chi connectivity index (χ4n) is 3.47. The molecule has 0 heterocycles. The molecule has 1 aliphatic rings. The maximum Gasteiger partial charge on any atom is 0.223 e. The van der Waals surface area contributed by atoms with E-state index in [-0.39, 0.29) is 29.8 Å². The molecule has 0 radical (unpaired) electrons. The summed E-state index contributed by atoms with van der Waals surface area (Å²) in [5.41, 5.74) is 1.73. The van der Waals surface area contributed by atoms with Gasteiger partial charge in [0.1, 0.15) is 0 Å². The first-order valence-corrected chi connectivity index (χ1v) is 9.25. The predicted octanol–water partition coefficient (Wildman–Crippen LogP) is 4.10. The Balaban J connectivity index is 1.73. The van der Waals surface area contributed by atoms with Gasteiger partial charge in [0.2, 0.25) is 11.8 Å². The standard InChI is InChI=1S/C21H23ClN2O2/c1-15(25)23-19(16-8-10-18(22)11-9-16)14-20(26)24-21(12-5-13-21)17-6-3-2-4-7-17/h2-4,6-11,19H,5,12-14H2,1H3,(H,23,25)(H,24,26). The van der Waals surface area contributed by atoms with E-state index in [4.69, 9.17) is 11.6 Å². The Hall–Kier alpha value is -2.33. The maximum atomic E-state index is 12.8. The molecule has 26 heavy (non-hydrogen) atoms. The zero-order valence-electron chi connectivity index (χ0n) is 14.8. The average Bonchev–Trinajstić information content (AvgIpc) is 2.58. The van der Waals surface area contributed by atoms with Gasteiger partial charge in [0, 0.05) is 11.9 Å². The van der Waals surface area contributed by atoms with Gasteiger partial charge in [-0.3, -0.25) is 9.59 Å². The molecule has 4 nitrogen and oxygen atoms in total. The van der Waals surface area contributed by atoms with Crippen LogP contribution in [0.2, 0.25) is 5.02 Å². The summed E-state index contributed by atoms with van der Waals surface area (Å²) in [6.07, 6.45) is 3.17. The van der Waals surface area contributed by atoms with E-state index in [1.807, 2.05) is 30.3 Å². The lowest BCUT2D eigenvalue weighted by Crippen LogP contribution is -2.51. The van der Waals surface area contributed by atoms with E-state index in [9.17, 15) is 9.59 Å². The molecule has 2 aromatic rings. The molecule has 0 bridgehead atoms. The van der Waals surface area contributed by atoms with Gasteiger partial charge in [-0.1, -0.05) is 54.1 Å². The van der Waals surface area contributed by atoms with Gasteiger partial charge in [0.15, 0.2) is 0 Å². The second kappa shape index (κ2) is 7.92. The molecule has 2 amide bonds. The molecule has 1 fully saturated rings. The van der Waals surface area contributed by atoms with Crippen LogP contribution in [0.1, 0.15) is 49.8 Å². The number of benzene rings is 2. The SMILES string of the molecule is CC(=O)NC(CC(=O)NC1(c2ccccc2)CCC1)c1ccc(Cl)cc1. The normalized spacial score (nSPS) is 16.2. The molecule has 3 rings (SSSR count).